The molecule has 0 radical (unpaired) electrons. The van der Waals surface area contributed by atoms with Gasteiger partial charge in [-0.1, -0.05) is 0 Å². The predicted octanol–water partition coefficient (Wildman–Crippen LogP) is 0.0329. The van der Waals surface area contributed by atoms with Crippen LogP contribution < -0.4 is 0 Å². The second kappa shape index (κ2) is 3.71. The highest BCUT2D eigenvalue weighted by Gasteiger charge is 2.53. The van der Waals surface area contributed by atoms with E-state index in [1.54, 1.807) is 13.8 Å². The van der Waals surface area contributed by atoms with Crippen LogP contribution in [0.1, 0.15) is 20.3 Å². The molecule has 2 rings (SSSR count). The third-order valence-electron chi connectivity index (χ3n) is 2.77. The number of nitrogens with zero attached hydrogens (tertiary/aromatic N) is 1. The van der Waals surface area contributed by atoms with Crippen LogP contribution in [0.5, 0.6) is 0 Å². The van der Waals surface area contributed by atoms with Gasteiger partial charge in [-0.25, -0.2) is 4.74 Å². The summed E-state index contributed by atoms with van der Waals surface area (Å²) < 4.78 is 16.4. The summed E-state index contributed by atoms with van der Waals surface area (Å²) >= 11 is 0. The Morgan fingerprint density at radius 2 is 2.25 bits per heavy atom. The molecule has 0 aromatic rings. The summed E-state index contributed by atoms with van der Waals surface area (Å²) in [6.07, 6.45) is 0.651. The Balaban J connectivity index is 2.10. The molecule has 0 aromatic heterocycles. The summed E-state index contributed by atoms with van der Waals surface area (Å²) in [4.78, 5) is 11.2. The van der Waals surface area contributed by atoms with Crippen molar-refractivity contribution in [3.8, 4) is 0 Å². The lowest BCUT2D eigenvalue weighted by Gasteiger charge is -2.20. The standard InChI is InChI=1S/C10H15NO5/c1-10(2)15-7-5-11(13)6(9(7)16-10)4-8(12)14-3/h5-7,9H,4H2,1-3H3/t6-,7+,9-/m0/s1. The molecule has 1 saturated heterocycles. The molecule has 0 N–H and O–H groups in total. The molecule has 0 aliphatic carbocycles. The summed E-state index contributed by atoms with van der Waals surface area (Å²) in [6.45, 7) is 3.56. The summed E-state index contributed by atoms with van der Waals surface area (Å²) in [5.74, 6) is -1.13. The van der Waals surface area contributed by atoms with Crippen molar-refractivity contribution >= 4 is 12.2 Å². The van der Waals surface area contributed by atoms with Gasteiger partial charge in [0.1, 0.15) is 6.42 Å². The van der Waals surface area contributed by atoms with E-state index in [0.717, 1.165) is 4.74 Å². The van der Waals surface area contributed by atoms with Gasteiger partial charge in [0.25, 0.3) is 0 Å². The van der Waals surface area contributed by atoms with Crippen LogP contribution in [0.15, 0.2) is 0 Å². The molecule has 1 fully saturated rings. The van der Waals surface area contributed by atoms with Gasteiger partial charge < -0.3 is 19.4 Å². The lowest BCUT2D eigenvalue weighted by Crippen LogP contribution is -2.36. The Morgan fingerprint density at radius 1 is 1.56 bits per heavy atom. The largest absolute Gasteiger partial charge is 0.624 e. The van der Waals surface area contributed by atoms with Gasteiger partial charge in [0.15, 0.2) is 24.2 Å². The van der Waals surface area contributed by atoms with Crippen LogP contribution in [0.25, 0.3) is 0 Å². The Labute approximate surface area is 93.4 Å². The molecule has 90 valence electrons. The van der Waals surface area contributed by atoms with E-state index in [-0.39, 0.29) is 12.5 Å². The van der Waals surface area contributed by atoms with E-state index in [0.29, 0.717) is 0 Å². The fourth-order valence-corrected chi connectivity index (χ4v) is 2.09. The summed E-state index contributed by atoms with van der Waals surface area (Å²) in [5.41, 5.74) is 0. The zero-order valence-electron chi connectivity index (χ0n) is 9.50. The maximum absolute atomic E-state index is 11.5. The monoisotopic (exact) mass is 229 g/mol. The number of rotatable bonds is 2. The molecular formula is C10H15NO5. The van der Waals surface area contributed by atoms with E-state index in [2.05, 4.69) is 4.74 Å². The molecule has 2 aliphatic heterocycles. The third-order valence-corrected chi connectivity index (χ3v) is 2.77. The fourth-order valence-electron chi connectivity index (χ4n) is 2.09. The van der Waals surface area contributed by atoms with Crippen LogP contribution in [-0.2, 0) is 19.0 Å². The molecule has 0 unspecified atom stereocenters. The Kier molecular flexibility index (Phi) is 2.63. The second-order valence-corrected chi connectivity index (χ2v) is 4.42. The molecule has 16 heavy (non-hydrogen) atoms. The number of esters is 1. The first kappa shape index (κ1) is 11.3. The molecule has 0 saturated carbocycles. The topological polar surface area (TPSA) is 70.8 Å². The van der Waals surface area contributed by atoms with Crippen molar-refractivity contribution < 1.29 is 23.7 Å². The van der Waals surface area contributed by atoms with Crippen molar-refractivity contribution in [2.24, 2.45) is 0 Å². The first-order valence-corrected chi connectivity index (χ1v) is 5.16. The van der Waals surface area contributed by atoms with E-state index in [1.807, 2.05) is 0 Å². The van der Waals surface area contributed by atoms with Crippen molar-refractivity contribution in [1.82, 2.24) is 0 Å². The van der Waals surface area contributed by atoms with Crippen molar-refractivity contribution in [2.75, 3.05) is 7.11 Å². The van der Waals surface area contributed by atoms with Crippen molar-refractivity contribution in [2.45, 2.75) is 44.3 Å². The molecule has 0 amide bonds. The lowest BCUT2D eigenvalue weighted by molar-refractivity contribution is -0.500. The van der Waals surface area contributed by atoms with Gasteiger partial charge >= 0.3 is 5.97 Å². The van der Waals surface area contributed by atoms with E-state index >= 15 is 0 Å². The van der Waals surface area contributed by atoms with Gasteiger partial charge in [-0.05, 0) is 13.8 Å². The number of ether oxygens (including phenoxy) is 3. The minimum Gasteiger partial charge on any atom is -0.624 e. The van der Waals surface area contributed by atoms with Crippen LogP contribution in [-0.4, -0.2) is 48.1 Å². The average molecular weight is 229 g/mol. The third kappa shape index (κ3) is 1.90. The van der Waals surface area contributed by atoms with E-state index in [9.17, 15) is 10.0 Å². The van der Waals surface area contributed by atoms with Crippen LogP contribution in [0.3, 0.4) is 0 Å². The van der Waals surface area contributed by atoms with Gasteiger partial charge in [0.2, 0.25) is 6.04 Å². The molecule has 3 atom stereocenters. The predicted molar refractivity (Wildman–Crippen MR) is 53.9 cm³/mol. The minimum absolute atomic E-state index is 0.0110. The van der Waals surface area contributed by atoms with Crippen molar-refractivity contribution in [1.29, 1.82) is 0 Å². The molecule has 0 aromatic carbocycles. The number of carbonyl (C=O) groups excluding carboxylic acids is 1. The summed E-state index contributed by atoms with van der Waals surface area (Å²) in [7, 11) is 1.30. The molecule has 0 spiro atoms. The molecule has 6 heteroatoms. The lowest BCUT2D eigenvalue weighted by atomic mass is 10.1. The van der Waals surface area contributed by atoms with E-state index in [4.69, 9.17) is 9.47 Å². The Morgan fingerprint density at radius 3 is 2.88 bits per heavy atom. The molecule has 0 bridgehead atoms. The quantitative estimate of drug-likeness (QED) is 0.379. The number of carbonyl (C=O) groups is 1. The van der Waals surface area contributed by atoms with Gasteiger partial charge in [0.05, 0.1) is 7.11 Å². The second-order valence-electron chi connectivity index (χ2n) is 4.42. The highest BCUT2D eigenvalue weighted by molar-refractivity contribution is 5.71. The first-order chi connectivity index (χ1) is 7.43. The Hall–Kier alpha value is -1.14. The fraction of sp³-hybridized carbons (Fsp3) is 0.800. The maximum Gasteiger partial charge on any atom is 0.312 e. The van der Waals surface area contributed by atoms with Gasteiger partial charge in [0, 0.05) is 0 Å². The highest BCUT2D eigenvalue weighted by Crippen LogP contribution is 2.33. The van der Waals surface area contributed by atoms with Crippen LogP contribution >= 0.6 is 0 Å². The smallest absolute Gasteiger partial charge is 0.312 e. The van der Waals surface area contributed by atoms with Crippen molar-refractivity contribution in [3.05, 3.63) is 5.21 Å². The Bertz CT molecular complexity index is 338. The number of hydrogen-bond donors (Lipinski definition) is 0. The van der Waals surface area contributed by atoms with E-state index in [1.165, 1.54) is 13.3 Å². The normalized spacial score (nSPS) is 35.7. The minimum atomic E-state index is -0.707. The molecule has 6 nitrogen and oxygen atoms in total. The van der Waals surface area contributed by atoms with Gasteiger partial charge in [-0.2, -0.15) is 0 Å². The summed E-state index contributed by atoms with van der Waals surface area (Å²) in [6, 6.07) is -0.556. The SMILES string of the molecule is COC(=O)C[C@H]1[C@@H]2OC(C)(C)O[C@@H]2C=[N+]1[O-]. The average Bonchev–Trinajstić information content (AvgIpc) is 2.60. The number of hydroxylamine groups is 1. The highest BCUT2D eigenvalue weighted by atomic mass is 16.8. The van der Waals surface area contributed by atoms with E-state index < -0.39 is 23.9 Å². The number of hydrogen-bond acceptors (Lipinski definition) is 5. The maximum atomic E-state index is 11.5. The first-order valence-electron chi connectivity index (χ1n) is 5.16. The van der Waals surface area contributed by atoms with Crippen molar-refractivity contribution in [3.63, 3.8) is 0 Å². The van der Waals surface area contributed by atoms with Gasteiger partial charge in [-0.3, -0.25) is 4.79 Å². The van der Waals surface area contributed by atoms with Crippen LogP contribution in [0.2, 0.25) is 0 Å². The summed E-state index contributed by atoms with van der Waals surface area (Å²) in [5, 5.41) is 11.5. The molecular weight excluding hydrogens is 214 g/mol. The zero-order chi connectivity index (χ0) is 11.9. The van der Waals surface area contributed by atoms with Crippen LogP contribution in [0.4, 0.5) is 0 Å². The molecule has 2 aliphatic rings. The zero-order valence-corrected chi connectivity index (χ0v) is 9.50. The van der Waals surface area contributed by atoms with Crippen LogP contribution in [0, 0.1) is 5.21 Å². The number of fused-ring (bicyclic) bond motifs is 1. The number of methoxy groups -OCH3 is 1. The molecule has 2 heterocycles. The van der Waals surface area contributed by atoms with Gasteiger partial charge in [-0.15, -0.1) is 0 Å².